The number of carbonyl (C=O) groups is 2. The van der Waals surface area contributed by atoms with E-state index in [1.807, 2.05) is 30.0 Å². The van der Waals surface area contributed by atoms with Gasteiger partial charge in [0.1, 0.15) is 17.2 Å². The number of nitrogens with zero attached hydrogens (tertiary/aromatic N) is 4. The van der Waals surface area contributed by atoms with E-state index >= 15 is 4.39 Å². The van der Waals surface area contributed by atoms with Crippen LogP contribution in [0.3, 0.4) is 0 Å². The number of aliphatic carboxylic acids is 1. The fraction of sp³-hybridized carbons (Fsp3) is 0.333. The number of benzene rings is 2. The van der Waals surface area contributed by atoms with Crippen LogP contribution in [-0.2, 0) is 16.9 Å². The summed E-state index contributed by atoms with van der Waals surface area (Å²) in [5.74, 6) is -2.97. The second kappa shape index (κ2) is 8.43. The Morgan fingerprint density at radius 2 is 1.90 bits per heavy atom. The molecule has 7 rings (SSSR count). The molecule has 0 bridgehead atoms. The molecule has 3 atom stereocenters. The van der Waals surface area contributed by atoms with Gasteiger partial charge in [0.05, 0.1) is 17.7 Å². The van der Waals surface area contributed by atoms with E-state index in [4.69, 9.17) is 5.11 Å². The zero-order chi connectivity index (χ0) is 27.1. The largest absolute Gasteiger partial charge is 0.481 e. The lowest BCUT2D eigenvalue weighted by atomic mass is 9.93. The lowest BCUT2D eigenvalue weighted by Gasteiger charge is -2.35. The van der Waals surface area contributed by atoms with E-state index in [0.717, 1.165) is 36.6 Å². The maximum Gasteiger partial charge on any atom is 0.310 e. The lowest BCUT2D eigenvalue weighted by Crippen LogP contribution is -2.39. The number of hydrogen-bond donors (Lipinski definition) is 1. The van der Waals surface area contributed by atoms with Gasteiger partial charge in [-0.2, -0.15) is 5.10 Å². The highest BCUT2D eigenvalue weighted by Gasteiger charge is 2.61. The van der Waals surface area contributed by atoms with E-state index in [2.05, 4.69) is 22.2 Å². The van der Waals surface area contributed by atoms with Gasteiger partial charge in [0, 0.05) is 36.2 Å². The average Bonchev–Trinajstić information content (AvgIpc) is 3.84. The van der Waals surface area contributed by atoms with Gasteiger partial charge in [-0.05, 0) is 61.1 Å². The van der Waals surface area contributed by atoms with Gasteiger partial charge in [0.15, 0.2) is 5.65 Å². The molecule has 1 amide bonds. The number of carboxylic acids is 1. The predicted molar refractivity (Wildman–Crippen MR) is 138 cm³/mol. The Balaban J connectivity index is 1.24. The molecule has 2 aromatic heterocycles. The fourth-order valence-corrected chi connectivity index (χ4v) is 5.93. The minimum atomic E-state index is -2.05. The topological polar surface area (TPSA) is 87.8 Å². The SMILES string of the molecule is C[C@@H]1c2ccccc2CCN1C(=O)c1cc(C2CC2)n2nc(-c3ccc([C@]4(F)C[C@H]4C(=O)O)cc3F)cc2n1. The van der Waals surface area contributed by atoms with Crippen LogP contribution in [-0.4, -0.2) is 43.0 Å². The molecule has 0 saturated heterocycles. The molecule has 2 aliphatic carbocycles. The maximum atomic E-state index is 15.2. The van der Waals surface area contributed by atoms with Gasteiger partial charge < -0.3 is 10.0 Å². The molecule has 4 aromatic rings. The minimum absolute atomic E-state index is 0.0156. The third kappa shape index (κ3) is 3.82. The average molecular weight is 529 g/mol. The van der Waals surface area contributed by atoms with Gasteiger partial charge in [-0.25, -0.2) is 18.3 Å². The highest BCUT2D eigenvalue weighted by atomic mass is 19.1. The number of fused-ring (bicyclic) bond motifs is 2. The summed E-state index contributed by atoms with van der Waals surface area (Å²) in [5, 5.41) is 13.7. The summed E-state index contributed by atoms with van der Waals surface area (Å²) in [5.41, 5.74) is 2.49. The van der Waals surface area contributed by atoms with E-state index in [-0.39, 0.29) is 35.4 Å². The number of carboxylic acid groups (broad SMARTS) is 1. The highest BCUT2D eigenvalue weighted by Crippen LogP contribution is 2.56. The number of rotatable bonds is 5. The smallest absolute Gasteiger partial charge is 0.310 e. The van der Waals surface area contributed by atoms with E-state index < -0.39 is 23.4 Å². The molecule has 3 aliphatic rings. The molecule has 0 radical (unpaired) electrons. The Morgan fingerprint density at radius 3 is 2.62 bits per heavy atom. The summed E-state index contributed by atoms with van der Waals surface area (Å²) in [6, 6.07) is 15.4. The first-order valence-electron chi connectivity index (χ1n) is 13.3. The normalized spacial score (nSPS) is 24.0. The predicted octanol–water partition coefficient (Wildman–Crippen LogP) is 5.44. The summed E-state index contributed by atoms with van der Waals surface area (Å²) in [6.07, 6.45) is 2.56. The van der Waals surface area contributed by atoms with Crippen molar-refractivity contribution < 1.29 is 23.5 Å². The van der Waals surface area contributed by atoms with Crippen LogP contribution in [0, 0.1) is 11.7 Å². The van der Waals surface area contributed by atoms with E-state index in [1.54, 1.807) is 10.6 Å². The van der Waals surface area contributed by atoms with Crippen molar-refractivity contribution in [3.05, 3.63) is 88.5 Å². The van der Waals surface area contributed by atoms with Crippen molar-refractivity contribution in [2.45, 2.75) is 50.2 Å². The van der Waals surface area contributed by atoms with Crippen LogP contribution in [0.1, 0.15) is 71.0 Å². The highest BCUT2D eigenvalue weighted by molar-refractivity contribution is 5.93. The Hall–Kier alpha value is -4.14. The molecule has 2 fully saturated rings. The third-order valence-corrected chi connectivity index (χ3v) is 8.44. The molecule has 39 heavy (non-hydrogen) atoms. The molecule has 0 unspecified atom stereocenters. The van der Waals surface area contributed by atoms with E-state index in [0.29, 0.717) is 23.6 Å². The maximum absolute atomic E-state index is 15.2. The van der Waals surface area contributed by atoms with Crippen LogP contribution >= 0.6 is 0 Å². The van der Waals surface area contributed by atoms with Crippen LogP contribution in [0.4, 0.5) is 8.78 Å². The van der Waals surface area contributed by atoms with Gasteiger partial charge in [0.2, 0.25) is 0 Å². The number of alkyl halides is 1. The Kier molecular flexibility index (Phi) is 5.17. The first kappa shape index (κ1) is 23.9. The molecular weight excluding hydrogens is 502 g/mol. The summed E-state index contributed by atoms with van der Waals surface area (Å²) >= 11 is 0. The Morgan fingerprint density at radius 1 is 1.10 bits per heavy atom. The van der Waals surface area contributed by atoms with E-state index in [9.17, 15) is 14.0 Å². The van der Waals surface area contributed by atoms with Gasteiger partial charge >= 0.3 is 5.97 Å². The zero-order valence-corrected chi connectivity index (χ0v) is 21.3. The monoisotopic (exact) mass is 528 g/mol. The van der Waals surface area contributed by atoms with Gasteiger partial charge in [-0.15, -0.1) is 0 Å². The fourth-order valence-electron chi connectivity index (χ4n) is 5.93. The summed E-state index contributed by atoms with van der Waals surface area (Å²) < 4.78 is 31.8. The number of carbonyl (C=O) groups excluding carboxylic acids is 1. The van der Waals surface area contributed by atoms with Crippen molar-refractivity contribution in [3.63, 3.8) is 0 Å². The molecule has 7 nitrogen and oxygen atoms in total. The van der Waals surface area contributed by atoms with Crippen molar-refractivity contribution in [2.75, 3.05) is 6.54 Å². The first-order chi connectivity index (χ1) is 18.7. The Labute approximate surface area is 223 Å². The lowest BCUT2D eigenvalue weighted by molar-refractivity contribution is -0.139. The van der Waals surface area contributed by atoms with Crippen LogP contribution in [0.15, 0.2) is 54.6 Å². The van der Waals surface area contributed by atoms with Gasteiger partial charge in [-0.1, -0.05) is 30.3 Å². The summed E-state index contributed by atoms with van der Waals surface area (Å²) in [4.78, 5) is 31.4. The summed E-state index contributed by atoms with van der Waals surface area (Å²) in [7, 11) is 0. The zero-order valence-electron chi connectivity index (χ0n) is 21.3. The van der Waals surface area contributed by atoms with Crippen molar-refractivity contribution in [3.8, 4) is 11.3 Å². The number of hydrogen-bond acceptors (Lipinski definition) is 4. The van der Waals surface area contributed by atoms with E-state index in [1.165, 1.54) is 17.7 Å². The van der Waals surface area contributed by atoms with Crippen LogP contribution in [0.2, 0.25) is 0 Å². The second-order valence-electron chi connectivity index (χ2n) is 10.9. The van der Waals surface area contributed by atoms with Gasteiger partial charge in [0.25, 0.3) is 5.91 Å². The first-order valence-corrected chi connectivity index (χ1v) is 13.3. The quantitative estimate of drug-likeness (QED) is 0.373. The van der Waals surface area contributed by atoms with Crippen LogP contribution in [0.5, 0.6) is 0 Å². The molecule has 9 heteroatoms. The van der Waals surface area contributed by atoms with Gasteiger partial charge in [-0.3, -0.25) is 9.59 Å². The number of amides is 1. The number of halogens is 2. The molecule has 0 spiro atoms. The van der Waals surface area contributed by atoms with Crippen molar-refractivity contribution in [1.29, 1.82) is 0 Å². The molecule has 3 heterocycles. The van der Waals surface area contributed by atoms with Crippen molar-refractivity contribution in [1.82, 2.24) is 19.5 Å². The minimum Gasteiger partial charge on any atom is -0.481 e. The molecule has 198 valence electrons. The summed E-state index contributed by atoms with van der Waals surface area (Å²) in [6.45, 7) is 2.63. The molecule has 2 aromatic carbocycles. The Bertz CT molecular complexity index is 1680. The molecule has 1 aliphatic heterocycles. The van der Waals surface area contributed by atoms with Crippen molar-refractivity contribution >= 4 is 17.5 Å². The van der Waals surface area contributed by atoms with Crippen LogP contribution < -0.4 is 0 Å². The molecule has 2 saturated carbocycles. The number of aromatic nitrogens is 3. The van der Waals surface area contributed by atoms with Crippen LogP contribution in [0.25, 0.3) is 16.9 Å². The molecule has 1 N–H and O–H groups in total. The molecular formula is C30H26F2N4O3. The second-order valence-corrected chi connectivity index (χ2v) is 10.9. The van der Waals surface area contributed by atoms with Crippen molar-refractivity contribution in [2.24, 2.45) is 5.92 Å². The standard InChI is InChI=1S/C30H26F2N4O3/c1-16-20-5-3-2-4-17(20)10-11-35(16)28(37)25-13-26(18-6-7-18)36-27(33-25)14-24(34-36)21-9-8-19(12-23(21)31)30(32)15-22(30)29(38)39/h2-5,8-9,12-14,16,18,22H,6-7,10-11,15H2,1H3,(H,38,39)/t16-,22+,30-/m1/s1. The third-order valence-electron chi connectivity index (χ3n) is 8.44.